The van der Waals surface area contributed by atoms with Crippen LogP contribution in [0.3, 0.4) is 0 Å². The van der Waals surface area contributed by atoms with Crippen LogP contribution in [-0.2, 0) is 4.79 Å². The van der Waals surface area contributed by atoms with Crippen LogP contribution in [0.4, 0.5) is 0 Å². The summed E-state index contributed by atoms with van der Waals surface area (Å²) < 4.78 is 0. The third-order valence-corrected chi connectivity index (χ3v) is 4.23. The molecule has 1 atom stereocenters. The molecule has 1 aromatic carbocycles. The van der Waals surface area contributed by atoms with Crippen molar-refractivity contribution in [3.05, 3.63) is 23.8 Å². The number of likely N-dealkylation sites (tertiary alicyclic amines) is 1. The highest BCUT2D eigenvalue weighted by Crippen LogP contribution is 2.36. The lowest BCUT2D eigenvalue weighted by molar-refractivity contribution is -0.152. The summed E-state index contributed by atoms with van der Waals surface area (Å²) in [6.07, 6.45) is 1.54. The molecule has 1 aliphatic rings. The first kappa shape index (κ1) is 15.2. The first-order chi connectivity index (χ1) is 9.91. The quantitative estimate of drug-likeness (QED) is 0.789. The number of phenols is 2. The standard InChI is InChI=1S/C15H19NO5/c1-2-15(14(20)21)7-4-8-16(9-15)13(19)12-10(17)5-3-6-11(12)18/h3,5-6,17-18H,2,4,7-9H2,1H3,(H,20,21). The van der Waals surface area contributed by atoms with Crippen molar-refractivity contribution in [2.75, 3.05) is 13.1 Å². The van der Waals surface area contributed by atoms with Crippen LogP contribution in [0.5, 0.6) is 11.5 Å². The number of carbonyl (C=O) groups is 2. The number of amides is 1. The second-order valence-corrected chi connectivity index (χ2v) is 5.44. The van der Waals surface area contributed by atoms with Crippen LogP contribution in [0.25, 0.3) is 0 Å². The minimum absolute atomic E-state index is 0.0887. The highest BCUT2D eigenvalue weighted by molar-refractivity contribution is 5.99. The van der Waals surface area contributed by atoms with Crippen molar-refractivity contribution in [2.24, 2.45) is 5.41 Å². The molecule has 0 radical (unpaired) electrons. The lowest BCUT2D eigenvalue weighted by Crippen LogP contribution is -2.49. The first-order valence-electron chi connectivity index (χ1n) is 6.95. The van der Waals surface area contributed by atoms with Crippen molar-refractivity contribution in [2.45, 2.75) is 26.2 Å². The summed E-state index contributed by atoms with van der Waals surface area (Å²) in [5.74, 6) is -2.06. The molecule has 0 aliphatic carbocycles. The molecule has 114 valence electrons. The zero-order valence-corrected chi connectivity index (χ0v) is 11.9. The van der Waals surface area contributed by atoms with E-state index in [-0.39, 0.29) is 23.6 Å². The van der Waals surface area contributed by atoms with E-state index in [4.69, 9.17) is 0 Å². The van der Waals surface area contributed by atoms with Gasteiger partial charge in [-0.25, -0.2) is 0 Å². The van der Waals surface area contributed by atoms with Crippen LogP contribution in [0, 0.1) is 5.41 Å². The molecule has 0 saturated carbocycles. The minimum Gasteiger partial charge on any atom is -0.507 e. The van der Waals surface area contributed by atoms with E-state index in [1.807, 2.05) is 0 Å². The number of rotatable bonds is 3. The SMILES string of the molecule is CCC1(C(=O)O)CCCN(C(=O)c2c(O)cccc2O)C1. The fourth-order valence-corrected chi connectivity index (χ4v) is 2.83. The molecule has 1 saturated heterocycles. The molecule has 3 N–H and O–H groups in total. The Morgan fingerprint density at radius 2 is 1.90 bits per heavy atom. The van der Waals surface area contributed by atoms with E-state index < -0.39 is 17.3 Å². The van der Waals surface area contributed by atoms with Gasteiger partial charge in [0.05, 0.1) is 5.41 Å². The zero-order valence-electron chi connectivity index (χ0n) is 11.9. The van der Waals surface area contributed by atoms with Gasteiger partial charge in [0.15, 0.2) is 0 Å². The predicted octanol–water partition coefficient (Wildman–Crippen LogP) is 1.81. The number of phenolic OH excluding ortho intramolecular Hbond substituents is 2. The van der Waals surface area contributed by atoms with E-state index in [1.54, 1.807) is 6.92 Å². The molecule has 1 aliphatic heterocycles. The van der Waals surface area contributed by atoms with Gasteiger partial charge in [0, 0.05) is 13.1 Å². The Hall–Kier alpha value is -2.24. The Morgan fingerprint density at radius 3 is 2.43 bits per heavy atom. The molecule has 1 unspecified atom stereocenters. The molecular formula is C15H19NO5. The van der Waals surface area contributed by atoms with Gasteiger partial charge >= 0.3 is 5.97 Å². The van der Waals surface area contributed by atoms with Gasteiger partial charge in [-0.15, -0.1) is 0 Å². The second kappa shape index (κ2) is 5.63. The van der Waals surface area contributed by atoms with Crippen molar-refractivity contribution in [3.63, 3.8) is 0 Å². The fourth-order valence-electron chi connectivity index (χ4n) is 2.83. The van der Waals surface area contributed by atoms with Crippen LogP contribution in [0.2, 0.25) is 0 Å². The Balaban J connectivity index is 2.30. The molecule has 6 heteroatoms. The van der Waals surface area contributed by atoms with Gasteiger partial charge in [0.25, 0.3) is 5.91 Å². The molecule has 0 aromatic heterocycles. The molecule has 1 fully saturated rings. The average Bonchev–Trinajstić information content (AvgIpc) is 2.46. The van der Waals surface area contributed by atoms with Crippen molar-refractivity contribution < 1.29 is 24.9 Å². The lowest BCUT2D eigenvalue weighted by Gasteiger charge is -2.39. The molecule has 0 spiro atoms. The predicted molar refractivity (Wildman–Crippen MR) is 75.3 cm³/mol. The molecule has 1 heterocycles. The normalized spacial score (nSPS) is 22.0. The summed E-state index contributed by atoms with van der Waals surface area (Å²) >= 11 is 0. The minimum atomic E-state index is -0.950. The van der Waals surface area contributed by atoms with Gasteiger partial charge in [0.1, 0.15) is 17.1 Å². The Labute approximate surface area is 122 Å². The first-order valence-corrected chi connectivity index (χ1v) is 6.95. The summed E-state index contributed by atoms with van der Waals surface area (Å²) in [5.41, 5.74) is -1.12. The van der Waals surface area contributed by atoms with E-state index in [0.717, 1.165) is 0 Å². The van der Waals surface area contributed by atoms with Gasteiger partial charge in [-0.3, -0.25) is 9.59 Å². The van der Waals surface area contributed by atoms with Crippen molar-refractivity contribution in [1.82, 2.24) is 4.90 Å². The summed E-state index contributed by atoms with van der Waals surface area (Å²) in [5, 5.41) is 29.0. The number of piperidine rings is 1. The number of aliphatic carboxylic acids is 1. The van der Waals surface area contributed by atoms with Crippen LogP contribution < -0.4 is 0 Å². The van der Waals surface area contributed by atoms with E-state index >= 15 is 0 Å². The van der Waals surface area contributed by atoms with Gasteiger partial charge in [-0.05, 0) is 31.4 Å². The number of carboxylic acid groups (broad SMARTS) is 1. The van der Waals surface area contributed by atoms with Crippen LogP contribution in [0.1, 0.15) is 36.5 Å². The molecular weight excluding hydrogens is 274 g/mol. The number of hydrogen-bond donors (Lipinski definition) is 3. The molecule has 0 bridgehead atoms. The number of carboxylic acids is 1. The summed E-state index contributed by atoms with van der Waals surface area (Å²) in [4.78, 5) is 25.4. The summed E-state index contributed by atoms with van der Waals surface area (Å²) in [6, 6.07) is 4.08. The van der Waals surface area contributed by atoms with Gasteiger partial charge in [-0.2, -0.15) is 0 Å². The zero-order chi connectivity index (χ0) is 15.6. The number of aromatic hydroxyl groups is 2. The third kappa shape index (κ3) is 2.66. The largest absolute Gasteiger partial charge is 0.507 e. The van der Waals surface area contributed by atoms with E-state index in [1.165, 1.54) is 23.1 Å². The number of benzene rings is 1. The molecule has 1 amide bonds. The van der Waals surface area contributed by atoms with E-state index in [0.29, 0.717) is 25.8 Å². The van der Waals surface area contributed by atoms with Crippen molar-refractivity contribution >= 4 is 11.9 Å². The van der Waals surface area contributed by atoms with Crippen molar-refractivity contribution in [3.8, 4) is 11.5 Å². The Morgan fingerprint density at radius 1 is 1.29 bits per heavy atom. The highest BCUT2D eigenvalue weighted by Gasteiger charge is 2.42. The second-order valence-electron chi connectivity index (χ2n) is 5.44. The van der Waals surface area contributed by atoms with E-state index in [2.05, 4.69) is 0 Å². The maximum absolute atomic E-state index is 12.5. The lowest BCUT2D eigenvalue weighted by atomic mass is 9.77. The van der Waals surface area contributed by atoms with Gasteiger partial charge in [0.2, 0.25) is 0 Å². The topological polar surface area (TPSA) is 98.1 Å². The monoisotopic (exact) mass is 293 g/mol. The molecule has 21 heavy (non-hydrogen) atoms. The third-order valence-electron chi connectivity index (χ3n) is 4.23. The maximum Gasteiger partial charge on any atom is 0.311 e. The molecule has 2 rings (SSSR count). The van der Waals surface area contributed by atoms with Crippen molar-refractivity contribution in [1.29, 1.82) is 0 Å². The smallest absolute Gasteiger partial charge is 0.311 e. The number of carbonyl (C=O) groups excluding carboxylic acids is 1. The van der Waals surface area contributed by atoms with Crippen LogP contribution >= 0.6 is 0 Å². The number of nitrogens with zero attached hydrogens (tertiary/aromatic N) is 1. The summed E-state index contributed by atoms with van der Waals surface area (Å²) in [7, 11) is 0. The van der Waals surface area contributed by atoms with Crippen LogP contribution in [-0.4, -0.2) is 45.2 Å². The fraction of sp³-hybridized carbons (Fsp3) is 0.467. The number of hydrogen-bond acceptors (Lipinski definition) is 4. The average molecular weight is 293 g/mol. The van der Waals surface area contributed by atoms with Gasteiger partial charge < -0.3 is 20.2 Å². The Kier molecular flexibility index (Phi) is 4.06. The van der Waals surface area contributed by atoms with Gasteiger partial charge in [-0.1, -0.05) is 13.0 Å². The molecule has 1 aromatic rings. The Bertz CT molecular complexity index is 551. The maximum atomic E-state index is 12.5. The molecule has 6 nitrogen and oxygen atoms in total. The highest BCUT2D eigenvalue weighted by atomic mass is 16.4. The summed E-state index contributed by atoms with van der Waals surface area (Å²) in [6.45, 7) is 2.30. The van der Waals surface area contributed by atoms with E-state index in [9.17, 15) is 24.9 Å². The van der Waals surface area contributed by atoms with Crippen LogP contribution in [0.15, 0.2) is 18.2 Å².